The van der Waals surface area contributed by atoms with E-state index in [0.29, 0.717) is 13.1 Å². The largest absolute Gasteiger partial charge is 0.353 e. The van der Waals surface area contributed by atoms with Gasteiger partial charge in [0.25, 0.3) is 0 Å². The topological polar surface area (TPSA) is 90.5 Å². The number of anilines is 1. The zero-order valence-electron chi connectivity index (χ0n) is 16.0. The highest BCUT2D eigenvalue weighted by Crippen LogP contribution is 2.29. The number of nitrogens with zero attached hydrogens (tertiary/aromatic N) is 4. The molecule has 2 aromatic heterocycles. The number of thiophene rings is 1. The molecule has 1 fully saturated rings. The summed E-state index contributed by atoms with van der Waals surface area (Å²) in [6.45, 7) is 2.82. The molecule has 3 amide bonds. The Bertz CT molecular complexity index is 1000. The lowest BCUT2D eigenvalue weighted by molar-refractivity contribution is -0.125. The molecule has 1 aliphatic heterocycles. The van der Waals surface area contributed by atoms with Crippen molar-refractivity contribution in [3.05, 3.63) is 53.7 Å². The molecule has 4 rings (SSSR count). The summed E-state index contributed by atoms with van der Waals surface area (Å²) in [5, 5.41) is 7.94. The summed E-state index contributed by atoms with van der Waals surface area (Å²) in [4.78, 5) is 38.7. The van der Waals surface area contributed by atoms with Crippen molar-refractivity contribution in [1.29, 1.82) is 0 Å². The quantitative estimate of drug-likeness (QED) is 0.684. The lowest BCUT2D eigenvalue weighted by Gasteiger charge is -2.39. The number of nitrogens with one attached hydrogen (secondary N) is 2. The Labute approximate surface area is 172 Å². The first-order chi connectivity index (χ1) is 14.2. The van der Waals surface area contributed by atoms with E-state index in [1.807, 2.05) is 41.8 Å². The maximum atomic E-state index is 12.9. The van der Waals surface area contributed by atoms with Crippen molar-refractivity contribution in [3.8, 4) is 0 Å². The average molecular weight is 411 g/mol. The van der Waals surface area contributed by atoms with E-state index in [9.17, 15) is 9.59 Å². The molecule has 9 heteroatoms. The van der Waals surface area contributed by atoms with Crippen LogP contribution in [0, 0.1) is 0 Å². The third-order valence-corrected chi connectivity index (χ3v) is 5.87. The SMILES string of the molecule is CNC(=O)NC(=O)C(c1ccccc1)N1CCN(c2ncnc3sccc23)CC1. The third-order valence-electron chi connectivity index (χ3n) is 5.05. The summed E-state index contributed by atoms with van der Waals surface area (Å²) in [6.07, 6.45) is 1.60. The van der Waals surface area contributed by atoms with E-state index >= 15 is 0 Å². The van der Waals surface area contributed by atoms with E-state index in [2.05, 4.69) is 30.4 Å². The van der Waals surface area contributed by atoms with Crippen LogP contribution in [-0.4, -0.2) is 60.0 Å². The van der Waals surface area contributed by atoms with Crippen LogP contribution in [0.4, 0.5) is 10.6 Å². The summed E-state index contributed by atoms with van der Waals surface area (Å²) < 4.78 is 0. The highest BCUT2D eigenvalue weighted by Gasteiger charge is 2.32. The van der Waals surface area contributed by atoms with Crippen LogP contribution in [0.1, 0.15) is 11.6 Å². The van der Waals surface area contributed by atoms with Gasteiger partial charge in [0.2, 0.25) is 5.91 Å². The molecule has 8 nitrogen and oxygen atoms in total. The third kappa shape index (κ3) is 4.06. The fraction of sp³-hybridized carbons (Fsp3) is 0.300. The van der Waals surface area contributed by atoms with Crippen LogP contribution in [0.5, 0.6) is 0 Å². The summed E-state index contributed by atoms with van der Waals surface area (Å²) in [5.74, 6) is 0.605. The summed E-state index contributed by atoms with van der Waals surface area (Å²) in [6, 6.07) is 10.6. The number of carbonyl (C=O) groups excluding carboxylic acids is 2. The van der Waals surface area contributed by atoms with Crippen molar-refractivity contribution in [1.82, 2.24) is 25.5 Å². The molecule has 2 N–H and O–H groups in total. The number of amides is 3. The van der Waals surface area contributed by atoms with Gasteiger partial charge in [-0.1, -0.05) is 30.3 Å². The second kappa shape index (κ2) is 8.54. The highest BCUT2D eigenvalue weighted by molar-refractivity contribution is 7.16. The smallest absolute Gasteiger partial charge is 0.321 e. The minimum absolute atomic E-state index is 0.328. The number of fused-ring (bicyclic) bond motifs is 1. The van der Waals surface area contributed by atoms with Crippen molar-refractivity contribution < 1.29 is 9.59 Å². The first-order valence-corrected chi connectivity index (χ1v) is 10.3. The molecule has 0 saturated carbocycles. The standard InChI is InChI=1S/C20H22N6O2S/c1-21-20(28)24-18(27)16(14-5-3-2-4-6-14)25-8-10-26(11-9-25)17-15-7-12-29-19(15)23-13-22-17/h2-7,12-13,16H,8-11H2,1H3,(H2,21,24,27,28). The summed E-state index contributed by atoms with van der Waals surface area (Å²) >= 11 is 1.60. The molecule has 1 saturated heterocycles. The number of aromatic nitrogens is 2. The van der Waals surface area contributed by atoms with Gasteiger partial charge in [-0.15, -0.1) is 11.3 Å². The Balaban J connectivity index is 1.52. The second-order valence-corrected chi connectivity index (χ2v) is 7.64. The molecule has 3 aromatic rings. The number of carbonyl (C=O) groups is 2. The van der Waals surface area contributed by atoms with Crippen LogP contribution in [0.25, 0.3) is 10.2 Å². The fourth-order valence-corrected chi connectivity index (χ4v) is 4.35. The number of hydrogen-bond acceptors (Lipinski definition) is 7. The van der Waals surface area contributed by atoms with E-state index in [1.54, 1.807) is 17.7 Å². The number of hydrogen-bond donors (Lipinski definition) is 2. The molecular weight excluding hydrogens is 388 g/mol. The van der Waals surface area contributed by atoms with Crippen LogP contribution in [0.15, 0.2) is 48.1 Å². The minimum atomic E-state index is -0.526. The summed E-state index contributed by atoms with van der Waals surface area (Å²) in [5.41, 5.74) is 0.865. The molecule has 0 spiro atoms. The number of urea groups is 1. The van der Waals surface area contributed by atoms with Crippen molar-refractivity contribution in [2.24, 2.45) is 0 Å². The van der Waals surface area contributed by atoms with Crippen molar-refractivity contribution in [3.63, 3.8) is 0 Å². The normalized spacial score (nSPS) is 15.8. The molecule has 1 atom stereocenters. The predicted molar refractivity (Wildman–Crippen MR) is 113 cm³/mol. The van der Waals surface area contributed by atoms with Gasteiger partial charge in [-0.05, 0) is 17.0 Å². The van der Waals surface area contributed by atoms with Gasteiger partial charge in [0.05, 0.1) is 5.39 Å². The lowest BCUT2D eigenvalue weighted by atomic mass is 10.0. The van der Waals surface area contributed by atoms with Gasteiger partial charge in [0.15, 0.2) is 0 Å². The van der Waals surface area contributed by atoms with Gasteiger partial charge in [0.1, 0.15) is 23.0 Å². The highest BCUT2D eigenvalue weighted by atomic mass is 32.1. The molecule has 150 valence electrons. The average Bonchev–Trinajstić information content (AvgIpc) is 3.24. The van der Waals surface area contributed by atoms with E-state index in [-0.39, 0.29) is 5.91 Å². The van der Waals surface area contributed by atoms with Crippen LogP contribution in [-0.2, 0) is 4.79 Å². The van der Waals surface area contributed by atoms with Gasteiger partial charge >= 0.3 is 6.03 Å². The van der Waals surface area contributed by atoms with Crippen molar-refractivity contribution in [2.45, 2.75) is 6.04 Å². The molecule has 1 aromatic carbocycles. The maximum absolute atomic E-state index is 12.9. The van der Waals surface area contributed by atoms with Crippen molar-refractivity contribution in [2.75, 3.05) is 38.1 Å². The number of piperazine rings is 1. The van der Waals surface area contributed by atoms with Gasteiger partial charge in [-0.3, -0.25) is 15.0 Å². The molecule has 3 heterocycles. The minimum Gasteiger partial charge on any atom is -0.353 e. The Hall–Kier alpha value is -3.04. The van der Waals surface area contributed by atoms with E-state index in [4.69, 9.17) is 0 Å². The van der Waals surface area contributed by atoms with Gasteiger partial charge < -0.3 is 10.2 Å². The first-order valence-electron chi connectivity index (χ1n) is 9.42. The Kier molecular flexibility index (Phi) is 5.68. The van der Waals surface area contributed by atoms with Gasteiger partial charge in [0, 0.05) is 33.2 Å². The van der Waals surface area contributed by atoms with Crippen LogP contribution in [0.3, 0.4) is 0 Å². The zero-order chi connectivity index (χ0) is 20.2. The Morgan fingerprint density at radius 2 is 1.83 bits per heavy atom. The molecule has 1 aliphatic rings. The van der Waals surface area contributed by atoms with Gasteiger partial charge in [-0.25, -0.2) is 14.8 Å². The number of benzene rings is 1. The maximum Gasteiger partial charge on any atom is 0.321 e. The van der Waals surface area contributed by atoms with Crippen LogP contribution >= 0.6 is 11.3 Å². The van der Waals surface area contributed by atoms with E-state index < -0.39 is 12.1 Å². The molecule has 29 heavy (non-hydrogen) atoms. The fourth-order valence-electron chi connectivity index (χ4n) is 3.63. The monoisotopic (exact) mass is 410 g/mol. The summed E-state index contributed by atoms with van der Waals surface area (Å²) in [7, 11) is 1.49. The molecule has 0 radical (unpaired) electrons. The Morgan fingerprint density at radius 1 is 1.07 bits per heavy atom. The van der Waals surface area contributed by atoms with Crippen LogP contribution in [0.2, 0.25) is 0 Å². The van der Waals surface area contributed by atoms with E-state index in [1.165, 1.54) is 7.05 Å². The second-order valence-electron chi connectivity index (χ2n) is 6.74. The number of rotatable bonds is 4. The molecule has 1 unspecified atom stereocenters. The van der Waals surface area contributed by atoms with E-state index in [0.717, 1.165) is 34.7 Å². The van der Waals surface area contributed by atoms with Crippen molar-refractivity contribution >= 4 is 39.3 Å². The van der Waals surface area contributed by atoms with Gasteiger partial charge in [-0.2, -0.15) is 0 Å². The lowest BCUT2D eigenvalue weighted by Crippen LogP contribution is -2.52. The zero-order valence-corrected chi connectivity index (χ0v) is 16.9. The number of imide groups is 1. The van der Waals surface area contributed by atoms with Crippen LogP contribution < -0.4 is 15.5 Å². The molecule has 0 bridgehead atoms. The molecule has 0 aliphatic carbocycles. The predicted octanol–water partition coefficient (Wildman–Crippen LogP) is 2.01. The first kappa shape index (κ1) is 19.3. The molecular formula is C20H22N6O2S. The Morgan fingerprint density at radius 3 is 2.55 bits per heavy atom.